The summed E-state index contributed by atoms with van der Waals surface area (Å²) in [5.74, 6) is 0. The lowest BCUT2D eigenvalue weighted by Gasteiger charge is -2.22. The van der Waals surface area contributed by atoms with Crippen LogP contribution in [0.1, 0.15) is 17.5 Å². The van der Waals surface area contributed by atoms with E-state index in [4.69, 9.17) is 0 Å². The van der Waals surface area contributed by atoms with Crippen LogP contribution in [0.4, 0.5) is 0 Å². The first-order chi connectivity index (χ1) is 7.58. The molecule has 1 aromatic carbocycles. The van der Waals surface area contributed by atoms with Gasteiger partial charge in [-0.05, 0) is 24.6 Å². The van der Waals surface area contributed by atoms with Crippen LogP contribution in [0.3, 0.4) is 0 Å². The second kappa shape index (κ2) is 4.65. The molecular weight excluding hydrogens is 286 g/mol. The molecule has 1 unspecified atom stereocenters. The van der Waals surface area contributed by atoms with Gasteiger partial charge in [0.2, 0.25) is 0 Å². The van der Waals surface area contributed by atoms with Gasteiger partial charge in [0, 0.05) is 22.5 Å². The number of hydrogen-bond acceptors (Lipinski definition) is 3. The van der Waals surface area contributed by atoms with E-state index < -0.39 is 5.60 Å². The molecule has 0 radical (unpaired) electrons. The molecule has 0 fully saturated rings. The van der Waals surface area contributed by atoms with Gasteiger partial charge in [-0.15, -0.1) is 11.3 Å². The lowest BCUT2D eigenvalue weighted by atomic mass is 9.93. The van der Waals surface area contributed by atoms with Crippen LogP contribution >= 0.6 is 27.3 Å². The molecule has 2 aromatic rings. The first kappa shape index (κ1) is 11.8. The number of benzene rings is 1. The van der Waals surface area contributed by atoms with Crippen molar-refractivity contribution >= 4 is 27.3 Å². The minimum atomic E-state index is -0.863. The topological polar surface area (TPSA) is 33.1 Å². The Kier molecular flexibility index (Phi) is 3.42. The number of aliphatic hydroxyl groups is 1. The summed E-state index contributed by atoms with van der Waals surface area (Å²) >= 11 is 4.95. The molecule has 0 saturated carbocycles. The molecule has 4 heteroatoms. The Morgan fingerprint density at radius 1 is 1.38 bits per heavy atom. The van der Waals surface area contributed by atoms with Gasteiger partial charge in [-0.25, -0.2) is 4.98 Å². The SMILES string of the molecule is CC(O)(Cc1nccs1)c1ccc(Br)cc1. The van der Waals surface area contributed by atoms with E-state index in [0.29, 0.717) is 6.42 Å². The van der Waals surface area contributed by atoms with E-state index in [1.54, 1.807) is 17.5 Å². The summed E-state index contributed by atoms with van der Waals surface area (Å²) in [7, 11) is 0. The zero-order chi connectivity index (χ0) is 11.6. The van der Waals surface area contributed by atoms with Gasteiger partial charge in [0.15, 0.2) is 0 Å². The molecule has 84 valence electrons. The van der Waals surface area contributed by atoms with E-state index >= 15 is 0 Å². The van der Waals surface area contributed by atoms with Gasteiger partial charge in [0.25, 0.3) is 0 Å². The highest BCUT2D eigenvalue weighted by molar-refractivity contribution is 9.10. The number of rotatable bonds is 3. The van der Waals surface area contributed by atoms with Crippen molar-refractivity contribution in [2.24, 2.45) is 0 Å². The Bertz CT molecular complexity index is 450. The molecule has 0 aliphatic carbocycles. The van der Waals surface area contributed by atoms with E-state index in [2.05, 4.69) is 20.9 Å². The monoisotopic (exact) mass is 297 g/mol. The average Bonchev–Trinajstić information content (AvgIpc) is 2.70. The minimum Gasteiger partial charge on any atom is -0.385 e. The standard InChI is InChI=1S/C12H12BrNOS/c1-12(15,8-11-14-6-7-16-11)9-2-4-10(13)5-3-9/h2-7,15H,8H2,1H3. The fourth-order valence-corrected chi connectivity index (χ4v) is 2.57. The molecule has 1 N–H and O–H groups in total. The summed E-state index contributed by atoms with van der Waals surface area (Å²) < 4.78 is 1.02. The zero-order valence-corrected chi connectivity index (χ0v) is 11.3. The van der Waals surface area contributed by atoms with Gasteiger partial charge in [-0.2, -0.15) is 0 Å². The fourth-order valence-electron chi connectivity index (χ4n) is 1.55. The summed E-state index contributed by atoms with van der Waals surface area (Å²) in [6.07, 6.45) is 2.31. The smallest absolute Gasteiger partial charge is 0.0956 e. The maximum Gasteiger partial charge on any atom is 0.0956 e. The highest BCUT2D eigenvalue weighted by atomic mass is 79.9. The highest BCUT2D eigenvalue weighted by Crippen LogP contribution is 2.27. The van der Waals surface area contributed by atoms with Crippen LogP contribution in [0.25, 0.3) is 0 Å². The molecule has 16 heavy (non-hydrogen) atoms. The molecule has 1 heterocycles. The maximum atomic E-state index is 10.4. The molecule has 0 spiro atoms. The second-order valence-electron chi connectivity index (χ2n) is 3.88. The number of thiazole rings is 1. The van der Waals surface area contributed by atoms with Crippen molar-refractivity contribution in [1.82, 2.24) is 4.98 Å². The Morgan fingerprint density at radius 2 is 2.06 bits per heavy atom. The first-order valence-corrected chi connectivity index (χ1v) is 6.62. The Hall–Kier alpha value is -0.710. The summed E-state index contributed by atoms with van der Waals surface area (Å²) in [6, 6.07) is 7.73. The highest BCUT2D eigenvalue weighted by Gasteiger charge is 2.24. The molecule has 2 rings (SSSR count). The van der Waals surface area contributed by atoms with Crippen LogP contribution in [0, 0.1) is 0 Å². The molecule has 0 saturated heterocycles. The van der Waals surface area contributed by atoms with E-state index in [-0.39, 0.29) is 0 Å². The quantitative estimate of drug-likeness (QED) is 0.942. The van der Waals surface area contributed by atoms with Gasteiger partial charge >= 0.3 is 0 Å². The molecule has 0 aliphatic rings. The van der Waals surface area contributed by atoms with Gasteiger partial charge in [-0.1, -0.05) is 28.1 Å². The van der Waals surface area contributed by atoms with Crippen molar-refractivity contribution in [2.75, 3.05) is 0 Å². The van der Waals surface area contributed by atoms with Gasteiger partial charge in [0.1, 0.15) is 0 Å². The lowest BCUT2D eigenvalue weighted by molar-refractivity contribution is 0.0575. The van der Waals surface area contributed by atoms with Crippen molar-refractivity contribution in [3.05, 3.63) is 50.9 Å². The molecule has 2 nitrogen and oxygen atoms in total. The Morgan fingerprint density at radius 3 is 2.62 bits per heavy atom. The largest absolute Gasteiger partial charge is 0.385 e. The maximum absolute atomic E-state index is 10.4. The molecule has 0 amide bonds. The number of halogens is 1. The molecule has 0 bridgehead atoms. The molecule has 1 aromatic heterocycles. The number of aromatic nitrogens is 1. The van der Waals surface area contributed by atoms with Crippen LogP contribution in [0.15, 0.2) is 40.3 Å². The fraction of sp³-hybridized carbons (Fsp3) is 0.250. The predicted octanol–water partition coefficient (Wildman–Crippen LogP) is 3.36. The molecule has 1 atom stereocenters. The summed E-state index contributed by atoms with van der Waals surface area (Å²) in [5, 5.41) is 13.3. The van der Waals surface area contributed by atoms with E-state index in [1.807, 2.05) is 36.6 Å². The summed E-state index contributed by atoms with van der Waals surface area (Å²) in [5.41, 5.74) is 0.0457. The van der Waals surface area contributed by atoms with Crippen LogP contribution < -0.4 is 0 Å². The van der Waals surface area contributed by atoms with Gasteiger partial charge < -0.3 is 5.11 Å². The van der Waals surface area contributed by atoms with Crippen molar-refractivity contribution in [3.8, 4) is 0 Å². The predicted molar refractivity (Wildman–Crippen MR) is 69.5 cm³/mol. The third-order valence-electron chi connectivity index (χ3n) is 2.45. The van der Waals surface area contributed by atoms with Crippen LogP contribution in [0.5, 0.6) is 0 Å². The first-order valence-electron chi connectivity index (χ1n) is 4.95. The molecule has 0 aliphatic heterocycles. The second-order valence-corrected chi connectivity index (χ2v) is 5.78. The number of hydrogen-bond donors (Lipinski definition) is 1. The summed E-state index contributed by atoms with van der Waals surface area (Å²) in [6.45, 7) is 1.82. The summed E-state index contributed by atoms with van der Waals surface area (Å²) in [4.78, 5) is 4.19. The van der Waals surface area contributed by atoms with Crippen molar-refractivity contribution in [2.45, 2.75) is 18.9 Å². The van der Waals surface area contributed by atoms with Crippen LogP contribution in [0.2, 0.25) is 0 Å². The van der Waals surface area contributed by atoms with E-state index in [0.717, 1.165) is 15.0 Å². The third-order valence-corrected chi connectivity index (χ3v) is 3.75. The average molecular weight is 298 g/mol. The van der Waals surface area contributed by atoms with E-state index in [1.165, 1.54) is 0 Å². The molecular formula is C12H12BrNOS. The third kappa shape index (κ3) is 2.70. The lowest BCUT2D eigenvalue weighted by Crippen LogP contribution is -2.24. The Labute approximate surface area is 107 Å². The minimum absolute atomic E-state index is 0.548. The van der Waals surface area contributed by atoms with Crippen LogP contribution in [-0.2, 0) is 12.0 Å². The zero-order valence-electron chi connectivity index (χ0n) is 8.85. The Balaban J connectivity index is 2.21. The van der Waals surface area contributed by atoms with Gasteiger partial charge in [-0.3, -0.25) is 0 Å². The normalized spacial score (nSPS) is 14.7. The number of nitrogens with zero attached hydrogens (tertiary/aromatic N) is 1. The van der Waals surface area contributed by atoms with Gasteiger partial charge in [0.05, 0.1) is 10.6 Å². The van der Waals surface area contributed by atoms with Crippen molar-refractivity contribution < 1.29 is 5.11 Å². The van der Waals surface area contributed by atoms with Crippen LogP contribution in [-0.4, -0.2) is 10.1 Å². The van der Waals surface area contributed by atoms with Crippen molar-refractivity contribution in [1.29, 1.82) is 0 Å². The van der Waals surface area contributed by atoms with Crippen molar-refractivity contribution in [3.63, 3.8) is 0 Å². The van der Waals surface area contributed by atoms with E-state index in [9.17, 15) is 5.11 Å².